The Bertz CT molecular complexity index is 616. The molecule has 7 nitrogen and oxygen atoms in total. The first kappa shape index (κ1) is 17.0. The van der Waals surface area contributed by atoms with Crippen molar-refractivity contribution < 1.29 is 24.2 Å². The van der Waals surface area contributed by atoms with Crippen LogP contribution in [0.3, 0.4) is 0 Å². The van der Waals surface area contributed by atoms with Crippen molar-refractivity contribution in [1.29, 1.82) is 0 Å². The van der Waals surface area contributed by atoms with Gasteiger partial charge in [0.05, 0.1) is 23.7 Å². The van der Waals surface area contributed by atoms with Crippen LogP contribution in [0.1, 0.15) is 20.7 Å². The fourth-order valence-electron chi connectivity index (χ4n) is 2.93. The highest BCUT2D eigenvalue weighted by Crippen LogP contribution is 2.26. The standard InChI is InChI=1S/C16H20N2O5/c1-17-14(19)13-8-18(7-10(13)9-23-2)15(20)11-5-3-4-6-12(11)16(21)22/h3-6,10,13H,7-9H2,1-2H3,(H,17,19)(H,21,22)/t10-,13+/m0/s1. The topological polar surface area (TPSA) is 95.9 Å². The van der Waals surface area contributed by atoms with Crippen LogP contribution in [0, 0.1) is 11.8 Å². The first-order chi connectivity index (χ1) is 11.0. The van der Waals surface area contributed by atoms with Crippen molar-refractivity contribution in [2.45, 2.75) is 0 Å². The molecule has 7 heteroatoms. The number of amides is 2. The van der Waals surface area contributed by atoms with Crippen molar-refractivity contribution in [2.24, 2.45) is 11.8 Å². The number of carbonyl (C=O) groups is 3. The molecule has 1 aromatic rings. The highest BCUT2D eigenvalue weighted by Gasteiger charge is 2.39. The van der Waals surface area contributed by atoms with Crippen LogP contribution < -0.4 is 5.32 Å². The van der Waals surface area contributed by atoms with Crippen molar-refractivity contribution in [2.75, 3.05) is 33.9 Å². The number of benzene rings is 1. The van der Waals surface area contributed by atoms with E-state index in [0.717, 1.165) is 0 Å². The predicted octanol–water partition coefficient (Wildman–Crippen LogP) is 0.465. The SMILES string of the molecule is CNC(=O)[C@@H]1CN(C(=O)c2ccccc2C(=O)O)C[C@H]1COC. The van der Waals surface area contributed by atoms with Crippen molar-refractivity contribution in [3.8, 4) is 0 Å². The smallest absolute Gasteiger partial charge is 0.336 e. The second-order valence-corrected chi connectivity index (χ2v) is 5.50. The van der Waals surface area contributed by atoms with Gasteiger partial charge in [0.15, 0.2) is 0 Å². The van der Waals surface area contributed by atoms with Gasteiger partial charge in [0, 0.05) is 33.2 Å². The third-order valence-corrected chi connectivity index (χ3v) is 4.08. The van der Waals surface area contributed by atoms with E-state index in [0.29, 0.717) is 13.2 Å². The summed E-state index contributed by atoms with van der Waals surface area (Å²) >= 11 is 0. The highest BCUT2D eigenvalue weighted by atomic mass is 16.5. The van der Waals surface area contributed by atoms with E-state index in [2.05, 4.69) is 5.32 Å². The first-order valence-corrected chi connectivity index (χ1v) is 7.31. The molecular formula is C16H20N2O5. The van der Waals surface area contributed by atoms with Gasteiger partial charge in [0.1, 0.15) is 0 Å². The zero-order chi connectivity index (χ0) is 17.0. The summed E-state index contributed by atoms with van der Waals surface area (Å²) in [6.45, 7) is 0.974. The number of nitrogens with zero attached hydrogens (tertiary/aromatic N) is 1. The summed E-state index contributed by atoms with van der Waals surface area (Å²) < 4.78 is 5.13. The average molecular weight is 320 g/mol. The Balaban J connectivity index is 2.24. The third kappa shape index (κ3) is 3.50. The van der Waals surface area contributed by atoms with Gasteiger partial charge in [-0.25, -0.2) is 4.79 Å². The number of ether oxygens (including phenoxy) is 1. The number of carbonyl (C=O) groups excluding carboxylic acids is 2. The maximum Gasteiger partial charge on any atom is 0.336 e. The molecule has 0 unspecified atom stereocenters. The Kier molecular flexibility index (Phi) is 5.33. The first-order valence-electron chi connectivity index (χ1n) is 7.31. The lowest BCUT2D eigenvalue weighted by Crippen LogP contribution is -2.34. The van der Waals surface area contributed by atoms with Crippen LogP contribution in [-0.2, 0) is 9.53 Å². The Hall–Kier alpha value is -2.41. The van der Waals surface area contributed by atoms with Crippen molar-refractivity contribution in [3.63, 3.8) is 0 Å². The Morgan fingerprint density at radius 1 is 1.26 bits per heavy atom. The number of aromatic carboxylic acids is 1. The molecule has 1 aliphatic heterocycles. The van der Waals surface area contributed by atoms with Gasteiger partial charge in [0.2, 0.25) is 5.91 Å². The van der Waals surface area contributed by atoms with Gasteiger partial charge < -0.3 is 20.1 Å². The molecule has 0 spiro atoms. The Morgan fingerprint density at radius 2 is 1.91 bits per heavy atom. The molecule has 23 heavy (non-hydrogen) atoms. The molecule has 0 bridgehead atoms. The Morgan fingerprint density at radius 3 is 2.48 bits per heavy atom. The largest absolute Gasteiger partial charge is 0.478 e. The second kappa shape index (κ2) is 7.23. The normalized spacial score (nSPS) is 20.3. The molecule has 2 atom stereocenters. The molecule has 1 saturated heterocycles. The zero-order valence-corrected chi connectivity index (χ0v) is 13.1. The van der Waals surface area contributed by atoms with E-state index < -0.39 is 5.97 Å². The van der Waals surface area contributed by atoms with E-state index in [1.54, 1.807) is 26.3 Å². The number of nitrogens with one attached hydrogen (secondary N) is 1. The monoisotopic (exact) mass is 320 g/mol. The summed E-state index contributed by atoms with van der Waals surface area (Å²) in [5.41, 5.74) is 0.0953. The number of methoxy groups -OCH3 is 1. The fraction of sp³-hybridized carbons (Fsp3) is 0.438. The number of hydrogen-bond donors (Lipinski definition) is 2. The van der Waals surface area contributed by atoms with E-state index in [-0.39, 0.29) is 41.3 Å². The van der Waals surface area contributed by atoms with Gasteiger partial charge in [-0.15, -0.1) is 0 Å². The van der Waals surface area contributed by atoms with Crippen LogP contribution in [-0.4, -0.2) is 61.6 Å². The van der Waals surface area contributed by atoms with Crippen molar-refractivity contribution in [3.05, 3.63) is 35.4 Å². The molecule has 0 radical (unpaired) electrons. The molecule has 1 aromatic carbocycles. The lowest BCUT2D eigenvalue weighted by atomic mass is 9.96. The van der Waals surface area contributed by atoms with Gasteiger partial charge in [-0.05, 0) is 12.1 Å². The van der Waals surface area contributed by atoms with Gasteiger partial charge in [-0.1, -0.05) is 12.1 Å². The maximum absolute atomic E-state index is 12.7. The quantitative estimate of drug-likeness (QED) is 0.822. The summed E-state index contributed by atoms with van der Waals surface area (Å²) in [5.74, 6) is -2.14. The predicted molar refractivity (Wildman–Crippen MR) is 82.2 cm³/mol. The molecule has 0 aromatic heterocycles. The van der Waals surface area contributed by atoms with Gasteiger partial charge in [0.25, 0.3) is 5.91 Å². The molecule has 0 aliphatic carbocycles. The van der Waals surface area contributed by atoms with Gasteiger partial charge >= 0.3 is 5.97 Å². The molecule has 1 heterocycles. The minimum Gasteiger partial charge on any atom is -0.478 e. The van der Waals surface area contributed by atoms with Crippen LogP contribution in [0.4, 0.5) is 0 Å². The minimum atomic E-state index is -1.15. The summed E-state index contributed by atoms with van der Waals surface area (Å²) in [5, 5.41) is 11.8. The number of carboxylic acid groups (broad SMARTS) is 1. The summed E-state index contributed by atoms with van der Waals surface area (Å²) in [4.78, 5) is 37.4. The average Bonchev–Trinajstić information content (AvgIpc) is 2.97. The lowest BCUT2D eigenvalue weighted by molar-refractivity contribution is -0.125. The molecule has 124 valence electrons. The van der Waals surface area contributed by atoms with E-state index in [9.17, 15) is 19.5 Å². The zero-order valence-electron chi connectivity index (χ0n) is 13.1. The number of hydrogen-bond acceptors (Lipinski definition) is 4. The van der Waals surface area contributed by atoms with Crippen LogP contribution in [0.25, 0.3) is 0 Å². The van der Waals surface area contributed by atoms with E-state index in [4.69, 9.17) is 4.74 Å². The lowest BCUT2D eigenvalue weighted by Gasteiger charge is -2.17. The van der Waals surface area contributed by atoms with Gasteiger partial charge in [-0.3, -0.25) is 9.59 Å². The highest BCUT2D eigenvalue weighted by molar-refractivity contribution is 6.05. The molecule has 1 aliphatic rings. The molecule has 1 fully saturated rings. The maximum atomic E-state index is 12.7. The number of rotatable bonds is 5. The molecule has 2 rings (SSSR count). The summed E-state index contributed by atoms with van der Waals surface area (Å²) in [7, 11) is 3.10. The van der Waals surface area contributed by atoms with Crippen molar-refractivity contribution >= 4 is 17.8 Å². The fourth-order valence-corrected chi connectivity index (χ4v) is 2.93. The summed E-state index contributed by atoms with van der Waals surface area (Å²) in [6, 6.07) is 6.09. The molecular weight excluding hydrogens is 300 g/mol. The Labute approximate surface area is 134 Å². The van der Waals surface area contributed by atoms with E-state index in [1.807, 2.05) is 0 Å². The van der Waals surface area contributed by atoms with Gasteiger partial charge in [-0.2, -0.15) is 0 Å². The number of carboxylic acids is 1. The van der Waals surface area contributed by atoms with Crippen molar-refractivity contribution in [1.82, 2.24) is 10.2 Å². The van der Waals surface area contributed by atoms with Crippen LogP contribution in [0.2, 0.25) is 0 Å². The molecule has 2 amide bonds. The number of likely N-dealkylation sites (tertiary alicyclic amines) is 1. The van der Waals surface area contributed by atoms with Crippen LogP contribution in [0.5, 0.6) is 0 Å². The van der Waals surface area contributed by atoms with Crippen LogP contribution in [0.15, 0.2) is 24.3 Å². The van der Waals surface area contributed by atoms with E-state index >= 15 is 0 Å². The van der Waals surface area contributed by atoms with Crippen LogP contribution >= 0.6 is 0 Å². The minimum absolute atomic E-state index is 0.0378. The second-order valence-electron chi connectivity index (χ2n) is 5.50. The third-order valence-electron chi connectivity index (χ3n) is 4.08. The summed E-state index contributed by atoms with van der Waals surface area (Å²) in [6.07, 6.45) is 0. The molecule has 2 N–H and O–H groups in total. The molecule has 0 saturated carbocycles. The van der Waals surface area contributed by atoms with E-state index in [1.165, 1.54) is 17.0 Å².